The number of pyridine rings is 1. The Balaban J connectivity index is 1.88. The molecule has 1 fully saturated rings. The van der Waals surface area contributed by atoms with Gasteiger partial charge in [-0.15, -0.1) is 0 Å². The Morgan fingerprint density at radius 3 is 2.80 bits per heavy atom. The highest BCUT2D eigenvalue weighted by Crippen LogP contribution is 2.43. The number of aromatic nitrogens is 2. The summed E-state index contributed by atoms with van der Waals surface area (Å²) in [6.45, 7) is 1.91. The lowest BCUT2D eigenvalue weighted by atomic mass is 9.79. The number of nitrogens with zero attached hydrogens (tertiary/aromatic N) is 2. The van der Waals surface area contributed by atoms with Crippen LogP contribution in [0.4, 0.5) is 0 Å². The van der Waals surface area contributed by atoms with Crippen LogP contribution in [0.15, 0.2) is 16.5 Å². The van der Waals surface area contributed by atoms with Crippen LogP contribution in [-0.2, 0) is 11.2 Å². The Bertz CT molecular complexity index is 642. The van der Waals surface area contributed by atoms with Crippen molar-refractivity contribution in [2.45, 2.75) is 45.4 Å². The van der Waals surface area contributed by atoms with Gasteiger partial charge < -0.3 is 9.52 Å². The van der Waals surface area contributed by atoms with Crippen molar-refractivity contribution in [1.29, 1.82) is 0 Å². The Labute approximate surface area is 117 Å². The summed E-state index contributed by atoms with van der Waals surface area (Å²) in [5.41, 5.74) is 2.00. The second kappa shape index (κ2) is 4.89. The maximum absolute atomic E-state index is 11.1. The molecule has 0 unspecified atom stereocenters. The third kappa shape index (κ3) is 2.53. The molecule has 0 radical (unpaired) electrons. The molecule has 0 aromatic carbocycles. The minimum Gasteiger partial charge on any atom is -0.481 e. The van der Waals surface area contributed by atoms with Crippen LogP contribution in [0.3, 0.4) is 0 Å². The number of rotatable bonds is 4. The maximum Gasteiger partial charge on any atom is 0.303 e. The predicted octanol–water partition coefficient (Wildman–Crippen LogP) is 3.11. The fourth-order valence-corrected chi connectivity index (χ4v) is 3.22. The number of carbonyl (C=O) groups is 1. The molecular weight excluding hydrogens is 256 g/mol. The van der Waals surface area contributed by atoms with Crippen molar-refractivity contribution in [1.82, 2.24) is 9.97 Å². The van der Waals surface area contributed by atoms with Gasteiger partial charge in [-0.1, -0.05) is 12.8 Å². The molecule has 1 saturated carbocycles. The summed E-state index contributed by atoms with van der Waals surface area (Å²) in [7, 11) is 0. The highest BCUT2D eigenvalue weighted by Gasteiger charge is 2.37. The van der Waals surface area contributed by atoms with E-state index in [1.165, 1.54) is 0 Å². The molecule has 106 valence electrons. The van der Waals surface area contributed by atoms with Crippen LogP contribution in [0, 0.1) is 12.3 Å². The second-order valence-electron chi connectivity index (χ2n) is 5.84. The third-order valence-corrected chi connectivity index (χ3v) is 4.15. The molecular formula is C15H18N2O3. The first-order valence-electron chi connectivity index (χ1n) is 7.01. The molecule has 0 atom stereocenters. The van der Waals surface area contributed by atoms with E-state index in [1.807, 2.05) is 19.1 Å². The lowest BCUT2D eigenvalue weighted by Crippen LogP contribution is -2.23. The number of oxazole rings is 1. The zero-order chi connectivity index (χ0) is 14.2. The molecule has 1 aliphatic carbocycles. The van der Waals surface area contributed by atoms with Crippen molar-refractivity contribution in [3.63, 3.8) is 0 Å². The third-order valence-electron chi connectivity index (χ3n) is 4.15. The highest BCUT2D eigenvalue weighted by atomic mass is 16.4. The number of hydrogen-bond donors (Lipinski definition) is 1. The number of hydrogen-bond acceptors (Lipinski definition) is 4. The van der Waals surface area contributed by atoms with Crippen LogP contribution < -0.4 is 0 Å². The van der Waals surface area contributed by atoms with Gasteiger partial charge in [-0.25, -0.2) is 4.98 Å². The van der Waals surface area contributed by atoms with E-state index in [-0.39, 0.29) is 11.8 Å². The largest absolute Gasteiger partial charge is 0.481 e. The summed E-state index contributed by atoms with van der Waals surface area (Å²) in [5, 5.41) is 9.13. The molecule has 5 heteroatoms. The molecule has 1 aliphatic rings. The monoisotopic (exact) mass is 274 g/mol. The van der Waals surface area contributed by atoms with Crippen LogP contribution >= 0.6 is 0 Å². The molecule has 0 spiro atoms. The van der Waals surface area contributed by atoms with E-state index in [0.717, 1.165) is 31.4 Å². The molecule has 1 N–H and O–H groups in total. The van der Waals surface area contributed by atoms with E-state index in [4.69, 9.17) is 9.52 Å². The molecule has 2 heterocycles. The van der Waals surface area contributed by atoms with E-state index in [0.29, 0.717) is 23.5 Å². The molecule has 3 rings (SSSR count). The highest BCUT2D eigenvalue weighted by molar-refractivity contribution is 5.68. The second-order valence-corrected chi connectivity index (χ2v) is 5.84. The normalized spacial score (nSPS) is 17.6. The van der Waals surface area contributed by atoms with Gasteiger partial charge in [-0.3, -0.25) is 4.79 Å². The van der Waals surface area contributed by atoms with Gasteiger partial charge >= 0.3 is 5.97 Å². The number of aliphatic carboxylic acids is 1. The lowest BCUT2D eigenvalue weighted by molar-refractivity contribution is -0.139. The van der Waals surface area contributed by atoms with Gasteiger partial charge in [-0.2, -0.15) is 4.98 Å². The van der Waals surface area contributed by atoms with E-state index in [2.05, 4.69) is 9.97 Å². The summed E-state index contributed by atoms with van der Waals surface area (Å²) in [5.74, 6) is -0.127. The molecule has 2 aromatic heterocycles. The van der Waals surface area contributed by atoms with Crippen molar-refractivity contribution < 1.29 is 14.3 Å². The summed E-state index contributed by atoms with van der Waals surface area (Å²) in [4.78, 5) is 19.9. The lowest BCUT2D eigenvalue weighted by Gasteiger charge is -2.25. The van der Waals surface area contributed by atoms with Crippen molar-refractivity contribution in [3.05, 3.63) is 23.7 Å². The van der Waals surface area contributed by atoms with Crippen molar-refractivity contribution >= 4 is 17.2 Å². The van der Waals surface area contributed by atoms with Gasteiger partial charge in [-0.05, 0) is 37.3 Å². The summed E-state index contributed by atoms with van der Waals surface area (Å²) < 4.78 is 5.73. The van der Waals surface area contributed by atoms with Gasteiger partial charge in [0.1, 0.15) is 0 Å². The quantitative estimate of drug-likeness (QED) is 0.927. The Hall–Kier alpha value is -1.91. The van der Waals surface area contributed by atoms with E-state index >= 15 is 0 Å². The Morgan fingerprint density at radius 1 is 1.35 bits per heavy atom. The van der Waals surface area contributed by atoms with E-state index in [1.54, 1.807) is 0 Å². The van der Waals surface area contributed by atoms with Crippen molar-refractivity contribution in [3.8, 4) is 0 Å². The van der Waals surface area contributed by atoms with Crippen molar-refractivity contribution in [2.75, 3.05) is 0 Å². The van der Waals surface area contributed by atoms with Gasteiger partial charge in [0.05, 0.1) is 6.42 Å². The van der Waals surface area contributed by atoms with Gasteiger partial charge in [0.15, 0.2) is 17.1 Å². The molecule has 2 aromatic rings. The molecule has 0 saturated heterocycles. The van der Waals surface area contributed by atoms with Gasteiger partial charge in [0.25, 0.3) is 0 Å². The van der Waals surface area contributed by atoms with Gasteiger partial charge in [0, 0.05) is 12.1 Å². The zero-order valence-corrected chi connectivity index (χ0v) is 11.6. The molecule has 0 bridgehead atoms. The minimum atomic E-state index is -0.739. The Kier molecular flexibility index (Phi) is 3.20. The zero-order valence-electron chi connectivity index (χ0n) is 11.6. The molecule has 0 aliphatic heterocycles. The first-order valence-corrected chi connectivity index (χ1v) is 7.01. The van der Waals surface area contributed by atoms with E-state index < -0.39 is 5.97 Å². The average molecular weight is 274 g/mol. The number of carboxylic acids is 1. The number of carboxylic acid groups (broad SMARTS) is 1. The van der Waals surface area contributed by atoms with Crippen LogP contribution in [-0.4, -0.2) is 21.0 Å². The standard InChI is InChI=1S/C15H18N2O3/c1-10-4-5-11-14(16-10)17-12(20-11)8-15(9-13(18)19)6-2-3-7-15/h4-5H,2-3,6-9H2,1H3,(H,18,19). The minimum absolute atomic E-state index is 0.193. The Morgan fingerprint density at radius 2 is 2.10 bits per heavy atom. The first kappa shape index (κ1) is 13.1. The summed E-state index contributed by atoms with van der Waals surface area (Å²) in [6, 6.07) is 3.76. The fourth-order valence-electron chi connectivity index (χ4n) is 3.22. The van der Waals surface area contributed by atoms with Crippen molar-refractivity contribution in [2.24, 2.45) is 5.41 Å². The first-order chi connectivity index (χ1) is 9.56. The average Bonchev–Trinajstić information content (AvgIpc) is 2.94. The summed E-state index contributed by atoms with van der Waals surface area (Å²) in [6.07, 6.45) is 4.83. The van der Waals surface area contributed by atoms with Crippen LogP contribution in [0.1, 0.15) is 43.7 Å². The molecule has 0 amide bonds. The maximum atomic E-state index is 11.1. The number of aryl methyl sites for hydroxylation is 1. The van der Waals surface area contributed by atoms with Crippen LogP contribution in [0.5, 0.6) is 0 Å². The summed E-state index contributed by atoms with van der Waals surface area (Å²) >= 11 is 0. The molecule has 5 nitrogen and oxygen atoms in total. The fraction of sp³-hybridized carbons (Fsp3) is 0.533. The van der Waals surface area contributed by atoms with E-state index in [9.17, 15) is 4.79 Å². The smallest absolute Gasteiger partial charge is 0.303 e. The number of fused-ring (bicyclic) bond motifs is 1. The van der Waals surface area contributed by atoms with Gasteiger partial charge in [0.2, 0.25) is 0 Å². The van der Waals surface area contributed by atoms with Crippen LogP contribution in [0.25, 0.3) is 11.2 Å². The predicted molar refractivity (Wildman–Crippen MR) is 73.4 cm³/mol. The van der Waals surface area contributed by atoms with Crippen LogP contribution in [0.2, 0.25) is 0 Å². The topological polar surface area (TPSA) is 76.2 Å². The molecule has 20 heavy (non-hydrogen) atoms. The SMILES string of the molecule is Cc1ccc2oc(CC3(CC(=O)O)CCCC3)nc2n1.